The zero-order valence-corrected chi connectivity index (χ0v) is 12.4. The highest BCUT2D eigenvalue weighted by Gasteiger charge is 2.49. The van der Waals surface area contributed by atoms with Crippen LogP contribution in [0.1, 0.15) is 19.4 Å². The van der Waals surface area contributed by atoms with Gasteiger partial charge in [-0.3, -0.25) is 4.79 Å². The molecule has 0 aliphatic rings. The molecule has 0 aliphatic heterocycles. The van der Waals surface area contributed by atoms with Gasteiger partial charge in [0.2, 0.25) is 11.4 Å². The molecule has 1 atom stereocenters. The number of carboxylic acid groups (broad SMARTS) is 1. The first-order valence-corrected chi connectivity index (χ1v) is 6.64. The van der Waals surface area contributed by atoms with Crippen LogP contribution in [0.2, 0.25) is 5.02 Å². The topological polar surface area (TPSA) is 92.7 Å². The van der Waals surface area contributed by atoms with Gasteiger partial charge in [-0.05, 0) is 18.6 Å². The first-order chi connectivity index (χ1) is 9.83. The van der Waals surface area contributed by atoms with E-state index in [4.69, 9.17) is 16.3 Å². The molecule has 0 fully saturated rings. The van der Waals surface area contributed by atoms with E-state index in [1.165, 1.54) is 0 Å². The molecule has 0 bridgehead atoms. The van der Waals surface area contributed by atoms with Crippen LogP contribution in [0.3, 0.4) is 0 Å². The minimum atomic E-state index is -2.20. The number of halogens is 1. The Labute approximate surface area is 127 Å². The lowest BCUT2D eigenvalue weighted by Crippen LogP contribution is -2.62. The summed E-state index contributed by atoms with van der Waals surface area (Å²) in [6.45, 7) is 2.67. The predicted molar refractivity (Wildman–Crippen MR) is 76.0 cm³/mol. The van der Waals surface area contributed by atoms with Gasteiger partial charge in [0.25, 0.3) is 0 Å². The third-order valence-electron chi connectivity index (χ3n) is 2.79. The monoisotopic (exact) mass is 313 g/mol. The number of aliphatic carboxylic acids is 1. The van der Waals surface area contributed by atoms with Crippen LogP contribution in [0.4, 0.5) is 0 Å². The number of benzene rings is 1. The summed E-state index contributed by atoms with van der Waals surface area (Å²) in [6.07, 6.45) is -0.305. The van der Waals surface area contributed by atoms with Crippen LogP contribution in [0.5, 0.6) is 0 Å². The van der Waals surface area contributed by atoms with Crippen LogP contribution in [0, 0.1) is 0 Å². The Morgan fingerprint density at radius 1 is 1.33 bits per heavy atom. The highest BCUT2D eigenvalue weighted by Crippen LogP contribution is 2.23. The second-order valence-electron chi connectivity index (χ2n) is 4.38. The van der Waals surface area contributed by atoms with Crippen LogP contribution >= 0.6 is 11.6 Å². The number of rotatable bonds is 6. The van der Waals surface area contributed by atoms with Crippen LogP contribution < -0.4 is 5.32 Å². The largest absolute Gasteiger partial charge is 0.479 e. The molecule has 21 heavy (non-hydrogen) atoms. The van der Waals surface area contributed by atoms with Crippen LogP contribution in [-0.2, 0) is 25.5 Å². The zero-order valence-electron chi connectivity index (χ0n) is 11.7. The Hall–Kier alpha value is -2.08. The van der Waals surface area contributed by atoms with Gasteiger partial charge >= 0.3 is 11.9 Å². The molecule has 0 spiro atoms. The van der Waals surface area contributed by atoms with Crippen molar-refractivity contribution in [3.8, 4) is 0 Å². The van der Waals surface area contributed by atoms with Crippen LogP contribution in [0.15, 0.2) is 24.3 Å². The molecule has 1 aromatic carbocycles. The molecule has 6 nitrogen and oxygen atoms in total. The number of carbonyl (C=O) groups is 3. The standard InChI is InChI=1S/C14H16ClNO5/c1-3-21-13(20)14(12(18)19,16-9(2)17)8-10-6-4-5-7-11(10)15/h4-7H,3,8H2,1-2H3,(H,16,17)(H,18,19). The Kier molecular flexibility index (Phi) is 5.72. The molecule has 0 saturated carbocycles. The summed E-state index contributed by atoms with van der Waals surface area (Å²) in [7, 11) is 0. The lowest BCUT2D eigenvalue weighted by molar-refractivity contribution is -0.164. The van der Waals surface area contributed by atoms with Gasteiger partial charge in [0, 0.05) is 18.4 Å². The highest BCUT2D eigenvalue weighted by molar-refractivity contribution is 6.31. The number of hydrogen-bond donors (Lipinski definition) is 2. The molecule has 0 radical (unpaired) electrons. The minimum Gasteiger partial charge on any atom is -0.479 e. The van der Waals surface area contributed by atoms with Crippen molar-refractivity contribution in [2.75, 3.05) is 6.61 Å². The minimum absolute atomic E-state index is 0.00400. The number of ether oxygens (including phenoxy) is 1. The third kappa shape index (κ3) is 3.95. The molecule has 7 heteroatoms. The van der Waals surface area contributed by atoms with E-state index in [0.717, 1.165) is 6.92 Å². The van der Waals surface area contributed by atoms with Crippen molar-refractivity contribution in [1.29, 1.82) is 0 Å². The van der Waals surface area contributed by atoms with Crippen LogP contribution in [-0.4, -0.2) is 35.1 Å². The fourth-order valence-electron chi connectivity index (χ4n) is 1.87. The maximum Gasteiger partial charge on any atom is 0.344 e. The summed E-state index contributed by atoms with van der Waals surface area (Å²) in [5.41, 5.74) is -1.78. The van der Waals surface area contributed by atoms with E-state index in [0.29, 0.717) is 10.6 Å². The first kappa shape index (κ1) is 17.0. The molecule has 1 amide bonds. The van der Waals surface area contributed by atoms with E-state index in [1.807, 2.05) is 0 Å². The number of carbonyl (C=O) groups excluding carboxylic acids is 2. The summed E-state index contributed by atoms with van der Waals surface area (Å²) in [5.74, 6) is -3.19. The van der Waals surface area contributed by atoms with Crippen LogP contribution in [0.25, 0.3) is 0 Å². The number of carboxylic acids is 1. The molecular formula is C14H16ClNO5. The average Bonchev–Trinajstić information content (AvgIpc) is 2.39. The SMILES string of the molecule is CCOC(=O)C(Cc1ccccc1Cl)(NC(C)=O)C(=O)O. The molecule has 114 valence electrons. The summed E-state index contributed by atoms with van der Waals surface area (Å²) in [4.78, 5) is 35.1. The zero-order chi connectivity index (χ0) is 16.0. The van der Waals surface area contributed by atoms with Gasteiger partial charge in [-0.15, -0.1) is 0 Å². The van der Waals surface area contributed by atoms with Crippen molar-refractivity contribution in [2.24, 2.45) is 0 Å². The van der Waals surface area contributed by atoms with E-state index in [2.05, 4.69) is 5.32 Å². The molecule has 0 aliphatic carbocycles. The van der Waals surface area contributed by atoms with Gasteiger partial charge in [-0.1, -0.05) is 29.8 Å². The molecule has 1 rings (SSSR count). The summed E-state index contributed by atoms with van der Waals surface area (Å²) >= 11 is 6.00. The van der Waals surface area contributed by atoms with Gasteiger partial charge in [0.1, 0.15) is 0 Å². The quantitative estimate of drug-likeness (QED) is 0.612. The number of hydrogen-bond acceptors (Lipinski definition) is 4. The molecule has 0 saturated heterocycles. The summed E-state index contributed by atoms with van der Waals surface area (Å²) in [6, 6.07) is 6.49. The highest BCUT2D eigenvalue weighted by atomic mass is 35.5. The normalized spacial score (nSPS) is 13.1. The van der Waals surface area contributed by atoms with E-state index in [-0.39, 0.29) is 13.0 Å². The van der Waals surface area contributed by atoms with Crippen molar-refractivity contribution in [3.63, 3.8) is 0 Å². The maximum atomic E-state index is 12.1. The van der Waals surface area contributed by atoms with E-state index in [9.17, 15) is 19.5 Å². The fraction of sp³-hybridized carbons (Fsp3) is 0.357. The summed E-state index contributed by atoms with van der Waals surface area (Å²) in [5, 5.41) is 11.9. The molecule has 0 heterocycles. The molecule has 1 aromatic rings. The number of nitrogens with one attached hydrogen (secondary N) is 1. The number of amides is 1. The third-order valence-corrected chi connectivity index (χ3v) is 3.16. The molecule has 2 N–H and O–H groups in total. The predicted octanol–water partition coefficient (Wildman–Crippen LogP) is 1.41. The lowest BCUT2D eigenvalue weighted by atomic mass is 9.90. The lowest BCUT2D eigenvalue weighted by Gasteiger charge is -2.28. The van der Waals surface area contributed by atoms with E-state index in [1.54, 1.807) is 31.2 Å². The summed E-state index contributed by atoms with van der Waals surface area (Å²) < 4.78 is 4.80. The van der Waals surface area contributed by atoms with Gasteiger partial charge in [0.15, 0.2) is 0 Å². The first-order valence-electron chi connectivity index (χ1n) is 6.26. The van der Waals surface area contributed by atoms with Crippen molar-refractivity contribution in [2.45, 2.75) is 25.8 Å². The van der Waals surface area contributed by atoms with Gasteiger partial charge < -0.3 is 15.2 Å². The van der Waals surface area contributed by atoms with Crippen molar-refractivity contribution < 1.29 is 24.2 Å². The van der Waals surface area contributed by atoms with Crippen molar-refractivity contribution in [3.05, 3.63) is 34.9 Å². The van der Waals surface area contributed by atoms with E-state index < -0.39 is 23.4 Å². The Morgan fingerprint density at radius 3 is 2.43 bits per heavy atom. The fourth-order valence-corrected chi connectivity index (χ4v) is 2.07. The van der Waals surface area contributed by atoms with Gasteiger partial charge in [-0.25, -0.2) is 9.59 Å². The molecule has 0 aromatic heterocycles. The van der Waals surface area contributed by atoms with Crippen molar-refractivity contribution in [1.82, 2.24) is 5.32 Å². The smallest absolute Gasteiger partial charge is 0.344 e. The second-order valence-corrected chi connectivity index (χ2v) is 4.79. The Morgan fingerprint density at radius 2 is 1.95 bits per heavy atom. The van der Waals surface area contributed by atoms with E-state index >= 15 is 0 Å². The average molecular weight is 314 g/mol. The molecular weight excluding hydrogens is 298 g/mol. The second kappa shape index (κ2) is 7.08. The number of esters is 1. The Balaban J connectivity index is 3.28. The Bertz CT molecular complexity index is 560. The maximum absolute atomic E-state index is 12.1. The van der Waals surface area contributed by atoms with Gasteiger partial charge in [0.05, 0.1) is 6.61 Å². The van der Waals surface area contributed by atoms with Gasteiger partial charge in [-0.2, -0.15) is 0 Å². The molecule has 1 unspecified atom stereocenters. The van der Waals surface area contributed by atoms with Crippen molar-refractivity contribution >= 4 is 29.4 Å².